The van der Waals surface area contributed by atoms with Crippen molar-refractivity contribution >= 4 is 17.6 Å². The second kappa shape index (κ2) is 8.42. The van der Waals surface area contributed by atoms with Crippen molar-refractivity contribution in [3.05, 3.63) is 54.5 Å². The molecule has 7 heteroatoms. The van der Waals surface area contributed by atoms with Gasteiger partial charge >= 0.3 is 0 Å². The molecule has 0 unspecified atom stereocenters. The topological polar surface area (TPSA) is 69.6 Å². The summed E-state index contributed by atoms with van der Waals surface area (Å²) in [6, 6.07) is 9.54. The van der Waals surface area contributed by atoms with Gasteiger partial charge in [0.1, 0.15) is 12.4 Å². The second-order valence-electron chi connectivity index (χ2n) is 6.29. The van der Waals surface area contributed by atoms with Gasteiger partial charge in [-0.05, 0) is 29.8 Å². The molecule has 0 atom stereocenters. The van der Waals surface area contributed by atoms with E-state index in [-0.39, 0.29) is 18.4 Å². The Morgan fingerprint density at radius 2 is 1.77 bits per heavy atom. The molecule has 26 heavy (non-hydrogen) atoms. The smallest absolute Gasteiger partial charge is 0.242 e. The van der Waals surface area contributed by atoms with Crippen molar-refractivity contribution < 1.29 is 9.59 Å². The van der Waals surface area contributed by atoms with E-state index in [2.05, 4.69) is 14.9 Å². The number of carbonyl (C=O) groups excluding carboxylic acids is 2. The maximum Gasteiger partial charge on any atom is 0.242 e. The predicted octanol–water partition coefficient (Wildman–Crippen LogP) is 1.17. The van der Waals surface area contributed by atoms with Gasteiger partial charge in [0, 0.05) is 58.2 Å². The van der Waals surface area contributed by atoms with Crippen molar-refractivity contribution in [2.24, 2.45) is 0 Å². The Labute approximate surface area is 153 Å². The van der Waals surface area contributed by atoms with Gasteiger partial charge in [-0.25, -0.2) is 4.98 Å². The highest BCUT2D eigenvalue weighted by Crippen LogP contribution is 2.13. The maximum absolute atomic E-state index is 12.6. The van der Waals surface area contributed by atoms with Crippen molar-refractivity contribution in [3.8, 4) is 0 Å². The summed E-state index contributed by atoms with van der Waals surface area (Å²) in [4.78, 5) is 38.5. The number of nitrogens with zero attached hydrogens (tertiary/aromatic N) is 5. The Hall–Kier alpha value is -2.96. The van der Waals surface area contributed by atoms with Gasteiger partial charge in [-0.2, -0.15) is 0 Å². The fourth-order valence-corrected chi connectivity index (χ4v) is 2.98. The standard InChI is InChI=1S/C19H23N5O2/c1-16(25)24(14-17-5-8-20-9-6-17)15-19(26)23-12-10-22(11-13-23)18-4-2-3-7-21-18/h2-9H,10-15H2,1H3. The number of piperazine rings is 1. The second-order valence-corrected chi connectivity index (χ2v) is 6.29. The molecular weight excluding hydrogens is 330 g/mol. The highest BCUT2D eigenvalue weighted by Gasteiger charge is 2.24. The van der Waals surface area contributed by atoms with Crippen molar-refractivity contribution in [2.75, 3.05) is 37.6 Å². The number of carbonyl (C=O) groups is 2. The van der Waals surface area contributed by atoms with E-state index in [9.17, 15) is 9.59 Å². The molecule has 0 N–H and O–H groups in total. The number of hydrogen-bond acceptors (Lipinski definition) is 5. The zero-order valence-electron chi connectivity index (χ0n) is 14.9. The monoisotopic (exact) mass is 353 g/mol. The van der Waals surface area contributed by atoms with E-state index in [0.717, 1.165) is 24.5 Å². The average Bonchev–Trinajstić information content (AvgIpc) is 2.69. The Morgan fingerprint density at radius 1 is 1.04 bits per heavy atom. The fraction of sp³-hybridized carbons (Fsp3) is 0.368. The van der Waals surface area contributed by atoms with Gasteiger partial charge in [0.2, 0.25) is 11.8 Å². The molecule has 2 amide bonds. The Balaban J connectivity index is 1.54. The number of amides is 2. The molecule has 1 aliphatic heterocycles. The molecule has 1 fully saturated rings. The van der Waals surface area contributed by atoms with E-state index in [1.807, 2.05) is 35.2 Å². The van der Waals surface area contributed by atoms with Gasteiger partial charge in [0.25, 0.3) is 0 Å². The third-order valence-corrected chi connectivity index (χ3v) is 4.50. The normalized spacial score (nSPS) is 14.2. The SMILES string of the molecule is CC(=O)N(CC(=O)N1CCN(c2ccccn2)CC1)Cc1ccncc1. The van der Waals surface area contributed by atoms with E-state index < -0.39 is 0 Å². The largest absolute Gasteiger partial charge is 0.353 e. The first kappa shape index (κ1) is 17.8. The van der Waals surface area contributed by atoms with Gasteiger partial charge in [0.05, 0.1) is 0 Å². The zero-order chi connectivity index (χ0) is 18.4. The number of aromatic nitrogens is 2. The third-order valence-electron chi connectivity index (χ3n) is 4.50. The summed E-state index contributed by atoms with van der Waals surface area (Å²) in [6.45, 7) is 4.76. The summed E-state index contributed by atoms with van der Waals surface area (Å²) < 4.78 is 0. The van der Waals surface area contributed by atoms with Crippen LogP contribution in [0.25, 0.3) is 0 Å². The quantitative estimate of drug-likeness (QED) is 0.807. The number of anilines is 1. The lowest BCUT2D eigenvalue weighted by molar-refractivity contribution is -0.140. The lowest BCUT2D eigenvalue weighted by atomic mass is 10.2. The molecule has 1 aliphatic rings. The van der Waals surface area contributed by atoms with Crippen molar-refractivity contribution in [1.82, 2.24) is 19.8 Å². The van der Waals surface area contributed by atoms with Crippen LogP contribution in [0.1, 0.15) is 12.5 Å². The molecule has 0 aliphatic carbocycles. The summed E-state index contributed by atoms with van der Waals surface area (Å²) in [5.41, 5.74) is 0.961. The van der Waals surface area contributed by atoms with Gasteiger partial charge in [-0.1, -0.05) is 6.07 Å². The Bertz CT molecular complexity index is 730. The van der Waals surface area contributed by atoms with Crippen LogP contribution in [-0.4, -0.2) is 64.3 Å². The van der Waals surface area contributed by atoms with E-state index in [1.165, 1.54) is 6.92 Å². The van der Waals surface area contributed by atoms with Crippen LogP contribution >= 0.6 is 0 Å². The molecule has 2 aromatic rings. The first-order valence-electron chi connectivity index (χ1n) is 8.71. The minimum Gasteiger partial charge on any atom is -0.353 e. The predicted molar refractivity (Wildman–Crippen MR) is 98.4 cm³/mol. The number of rotatable bonds is 5. The summed E-state index contributed by atoms with van der Waals surface area (Å²) in [7, 11) is 0. The molecule has 0 aromatic carbocycles. The molecule has 3 rings (SSSR count). The molecule has 3 heterocycles. The van der Waals surface area contributed by atoms with Crippen LogP contribution < -0.4 is 4.90 Å². The molecule has 0 saturated carbocycles. The van der Waals surface area contributed by atoms with Crippen molar-refractivity contribution in [2.45, 2.75) is 13.5 Å². The van der Waals surface area contributed by atoms with E-state index in [4.69, 9.17) is 0 Å². The lowest BCUT2D eigenvalue weighted by Crippen LogP contribution is -2.51. The van der Waals surface area contributed by atoms with Crippen LogP contribution in [0.15, 0.2) is 48.9 Å². The first-order valence-corrected chi connectivity index (χ1v) is 8.71. The van der Waals surface area contributed by atoms with Gasteiger partial charge in [-0.3, -0.25) is 14.6 Å². The zero-order valence-corrected chi connectivity index (χ0v) is 14.9. The highest BCUT2D eigenvalue weighted by molar-refractivity contribution is 5.84. The fourth-order valence-electron chi connectivity index (χ4n) is 2.98. The van der Waals surface area contributed by atoms with Gasteiger partial charge in [-0.15, -0.1) is 0 Å². The van der Waals surface area contributed by atoms with Crippen LogP contribution in [0, 0.1) is 0 Å². The van der Waals surface area contributed by atoms with Crippen LogP contribution in [0.3, 0.4) is 0 Å². The first-order chi connectivity index (χ1) is 12.6. The Kier molecular flexibility index (Phi) is 5.78. The van der Waals surface area contributed by atoms with Crippen LogP contribution in [0.4, 0.5) is 5.82 Å². The minimum atomic E-state index is -0.109. The highest BCUT2D eigenvalue weighted by atomic mass is 16.2. The van der Waals surface area contributed by atoms with Gasteiger partial charge < -0.3 is 14.7 Å². The molecule has 0 bridgehead atoms. The van der Waals surface area contributed by atoms with E-state index in [0.29, 0.717) is 19.6 Å². The average molecular weight is 353 g/mol. The van der Waals surface area contributed by atoms with Crippen LogP contribution in [0.2, 0.25) is 0 Å². The molecule has 136 valence electrons. The maximum atomic E-state index is 12.6. The van der Waals surface area contributed by atoms with Crippen LogP contribution in [-0.2, 0) is 16.1 Å². The lowest BCUT2D eigenvalue weighted by Gasteiger charge is -2.36. The minimum absolute atomic E-state index is 0.0186. The summed E-state index contributed by atoms with van der Waals surface area (Å²) in [6.07, 6.45) is 5.15. The Morgan fingerprint density at radius 3 is 2.38 bits per heavy atom. The van der Waals surface area contributed by atoms with Crippen molar-refractivity contribution in [1.29, 1.82) is 0 Å². The molecular formula is C19H23N5O2. The molecule has 0 spiro atoms. The molecule has 2 aromatic heterocycles. The summed E-state index contributed by atoms with van der Waals surface area (Å²) in [5.74, 6) is 0.805. The van der Waals surface area contributed by atoms with Gasteiger partial charge in [0.15, 0.2) is 0 Å². The molecule has 1 saturated heterocycles. The van der Waals surface area contributed by atoms with E-state index in [1.54, 1.807) is 23.5 Å². The molecule has 7 nitrogen and oxygen atoms in total. The summed E-state index contributed by atoms with van der Waals surface area (Å²) in [5, 5.41) is 0. The third kappa shape index (κ3) is 4.56. The number of pyridine rings is 2. The molecule has 0 radical (unpaired) electrons. The number of hydrogen-bond donors (Lipinski definition) is 0. The van der Waals surface area contributed by atoms with Crippen molar-refractivity contribution in [3.63, 3.8) is 0 Å². The van der Waals surface area contributed by atoms with Crippen LogP contribution in [0.5, 0.6) is 0 Å². The van der Waals surface area contributed by atoms with E-state index >= 15 is 0 Å². The summed E-state index contributed by atoms with van der Waals surface area (Å²) >= 11 is 0.